The Balaban J connectivity index is 0.00000101. The molecule has 0 saturated carbocycles. The van der Waals surface area contributed by atoms with Crippen LogP contribution in [-0.4, -0.2) is 41.1 Å². The smallest absolute Gasteiger partial charge is 0.264 e. The normalized spacial score (nSPS) is 18.2. The highest BCUT2D eigenvalue weighted by molar-refractivity contribution is 8.14. The van der Waals surface area contributed by atoms with E-state index in [0.29, 0.717) is 28.8 Å². The van der Waals surface area contributed by atoms with Gasteiger partial charge in [0.25, 0.3) is 5.91 Å². The van der Waals surface area contributed by atoms with Crippen LogP contribution in [0.25, 0.3) is 11.3 Å². The van der Waals surface area contributed by atoms with Gasteiger partial charge in [-0.3, -0.25) is 14.6 Å². The van der Waals surface area contributed by atoms with Crippen LogP contribution < -0.4 is 20.1 Å². The predicted molar refractivity (Wildman–Crippen MR) is 162 cm³/mol. The summed E-state index contributed by atoms with van der Waals surface area (Å²) in [7, 11) is 0. The van der Waals surface area contributed by atoms with Gasteiger partial charge in [-0.25, -0.2) is 0 Å². The van der Waals surface area contributed by atoms with Crippen LogP contribution in [0.3, 0.4) is 0 Å². The summed E-state index contributed by atoms with van der Waals surface area (Å²) in [5, 5.41) is 5.67. The molecule has 0 saturated heterocycles. The first-order chi connectivity index (χ1) is 20.5. The molecule has 0 fully saturated rings. The number of nitrogens with zero attached hydrogens (tertiary/aromatic N) is 3. The molecule has 10 heteroatoms. The molecular weight excluding hydrogens is 552 g/mol. The van der Waals surface area contributed by atoms with Gasteiger partial charge in [0, 0.05) is 29.5 Å². The largest absolute Gasteiger partial charge is 0.454 e. The number of aryl methyl sites for hydroxylation is 1. The zero-order valence-corrected chi connectivity index (χ0v) is 24.1. The highest BCUT2D eigenvalue weighted by atomic mass is 32.2. The van der Waals surface area contributed by atoms with Crippen molar-refractivity contribution in [2.24, 2.45) is 10.7 Å². The predicted octanol–water partition coefficient (Wildman–Crippen LogP) is 5.50. The van der Waals surface area contributed by atoms with Crippen molar-refractivity contribution in [3.63, 3.8) is 0 Å². The van der Waals surface area contributed by atoms with E-state index in [-0.39, 0.29) is 25.2 Å². The average molecular weight is 583 g/mol. The molecule has 3 aromatic carbocycles. The summed E-state index contributed by atoms with van der Waals surface area (Å²) in [6.07, 6.45) is 1.83. The summed E-state index contributed by atoms with van der Waals surface area (Å²) in [5.41, 5.74) is 10.6. The molecule has 214 valence electrons. The van der Waals surface area contributed by atoms with Crippen LogP contribution in [0.4, 0.5) is 5.69 Å². The second-order valence-corrected chi connectivity index (χ2v) is 11.7. The van der Waals surface area contributed by atoms with Gasteiger partial charge in [-0.1, -0.05) is 60.6 Å². The van der Waals surface area contributed by atoms with Crippen LogP contribution >= 0.6 is 11.8 Å². The number of amides is 2. The number of carbonyl (C=O) groups excluding carboxylic acids is 2. The first kappa shape index (κ1) is 27.6. The highest BCUT2D eigenvalue weighted by Crippen LogP contribution is 2.42. The van der Waals surface area contributed by atoms with Crippen LogP contribution in [0.1, 0.15) is 45.8 Å². The van der Waals surface area contributed by atoms with Gasteiger partial charge in [0.15, 0.2) is 11.5 Å². The van der Waals surface area contributed by atoms with E-state index in [1.165, 1.54) is 16.7 Å². The molecule has 4 aromatic rings. The topological polar surface area (TPSA) is 120 Å². The van der Waals surface area contributed by atoms with E-state index in [2.05, 4.69) is 42.1 Å². The average Bonchev–Trinajstić information content (AvgIpc) is 3.79. The second kappa shape index (κ2) is 11.7. The second-order valence-electron chi connectivity index (χ2n) is 10.2. The highest BCUT2D eigenvalue weighted by Gasteiger charge is 2.33. The van der Waals surface area contributed by atoms with E-state index in [4.69, 9.17) is 23.8 Å². The molecule has 0 spiro atoms. The standard InChI is InChI=1S/C31H27N3O4S.CH3NO/c1-18-28(30(33-38-18)21-6-4-3-5-7-21)31(35)34-13-12-22-16-23(9-10-24(22)34)29-19(2)39-27(32-29)15-20-8-11-25-26(14-20)37-17-36-25;2-1-3/h3-11,14,16,19,29H,12-13,15,17H2,1-2H3;1H,(H2,2,3). The molecule has 0 aliphatic carbocycles. The third kappa shape index (κ3) is 5.25. The quantitative estimate of drug-likeness (QED) is 0.309. The summed E-state index contributed by atoms with van der Waals surface area (Å²) in [5.74, 6) is 2.06. The molecule has 7 rings (SSSR count). The molecule has 1 aromatic heterocycles. The maximum atomic E-state index is 13.8. The zero-order chi connectivity index (χ0) is 29.2. The Labute approximate surface area is 247 Å². The SMILES string of the molecule is Cc1onc(-c2ccccc2)c1C(=O)N1CCc2cc(C3N=C(Cc4ccc5c(c4)OCO5)SC3C)ccc21.NC=O. The fraction of sp³-hybridized carbons (Fsp3) is 0.250. The fourth-order valence-electron chi connectivity index (χ4n) is 5.60. The third-order valence-corrected chi connectivity index (χ3v) is 8.70. The molecule has 3 aliphatic rings. The van der Waals surface area contributed by atoms with Crippen molar-refractivity contribution < 1.29 is 23.6 Å². The number of ether oxygens (including phenoxy) is 2. The number of carbonyl (C=O) groups is 2. The number of hydrogen-bond acceptors (Lipinski definition) is 8. The van der Waals surface area contributed by atoms with Crippen molar-refractivity contribution >= 4 is 34.8 Å². The van der Waals surface area contributed by atoms with Crippen molar-refractivity contribution in [3.8, 4) is 22.8 Å². The Hall–Kier alpha value is -4.57. The molecular formula is C32H30N4O5S. The van der Waals surface area contributed by atoms with Gasteiger partial charge in [-0.2, -0.15) is 0 Å². The number of rotatable bonds is 5. The molecule has 0 bridgehead atoms. The van der Waals surface area contributed by atoms with E-state index < -0.39 is 0 Å². The summed E-state index contributed by atoms with van der Waals surface area (Å²) < 4.78 is 16.4. The summed E-state index contributed by atoms with van der Waals surface area (Å²) in [6.45, 7) is 4.94. The Morgan fingerprint density at radius 1 is 1.10 bits per heavy atom. The first-order valence-corrected chi connectivity index (χ1v) is 14.6. The minimum atomic E-state index is -0.0760. The van der Waals surface area contributed by atoms with E-state index in [0.717, 1.165) is 40.6 Å². The molecule has 9 nitrogen and oxygen atoms in total. The summed E-state index contributed by atoms with van der Waals surface area (Å²) >= 11 is 1.83. The lowest BCUT2D eigenvalue weighted by molar-refractivity contribution is -0.106. The number of benzene rings is 3. The molecule has 4 heterocycles. The number of thioether (sulfide) groups is 1. The molecule has 2 atom stereocenters. The van der Waals surface area contributed by atoms with Crippen LogP contribution in [0.15, 0.2) is 76.2 Å². The number of aliphatic imine (C=N–C) groups is 1. The minimum absolute atomic E-state index is 0.0760. The molecule has 42 heavy (non-hydrogen) atoms. The molecule has 2 amide bonds. The van der Waals surface area contributed by atoms with Gasteiger partial charge in [0.2, 0.25) is 13.2 Å². The Kier molecular flexibility index (Phi) is 7.71. The van der Waals surface area contributed by atoms with Crippen molar-refractivity contribution in [2.45, 2.75) is 38.0 Å². The number of fused-ring (bicyclic) bond motifs is 2. The van der Waals surface area contributed by atoms with E-state index in [1.54, 1.807) is 6.92 Å². The molecule has 3 aliphatic heterocycles. The number of nitrogens with two attached hydrogens (primary N) is 1. The molecule has 2 N–H and O–H groups in total. The number of primary amides is 1. The summed E-state index contributed by atoms with van der Waals surface area (Å²) in [4.78, 5) is 29.3. The Morgan fingerprint density at radius 2 is 1.88 bits per heavy atom. The molecule has 2 unspecified atom stereocenters. The number of anilines is 1. The van der Waals surface area contributed by atoms with E-state index >= 15 is 0 Å². The van der Waals surface area contributed by atoms with Crippen LogP contribution in [0, 0.1) is 6.92 Å². The minimum Gasteiger partial charge on any atom is -0.454 e. The van der Waals surface area contributed by atoms with Crippen molar-refractivity contribution in [3.05, 3.63) is 94.7 Å². The monoisotopic (exact) mass is 582 g/mol. The maximum absolute atomic E-state index is 13.8. The van der Waals surface area contributed by atoms with E-state index in [9.17, 15) is 4.79 Å². The lowest BCUT2D eigenvalue weighted by atomic mass is 10.0. The third-order valence-electron chi connectivity index (χ3n) is 7.55. The number of hydrogen-bond donors (Lipinski definition) is 1. The van der Waals surface area contributed by atoms with Crippen molar-refractivity contribution in [1.82, 2.24) is 5.16 Å². The Morgan fingerprint density at radius 3 is 2.69 bits per heavy atom. The zero-order valence-electron chi connectivity index (χ0n) is 23.3. The van der Waals surface area contributed by atoms with Gasteiger partial charge < -0.3 is 24.6 Å². The van der Waals surface area contributed by atoms with Gasteiger partial charge >= 0.3 is 0 Å². The van der Waals surface area contributed by atoms with Crippen LogP contribution in [-0.2, 0) is 17.6 Å². The van der Waals surface area contributed by atoms with E-state index in [1.807, 2.05) is 59.1 Å². The first-order valence-electron chi connectivity index (χ1n) is 13.7. The lowest BCUT2D eigenvalue weighted by Gasteiger charge is -2.19. The van der Waals surface area contributed by atoms with Gasteiger partial charge in [-0.15, -0.1) is 11.8 Å². The molecule has 0 radical (unpaired) electrons. The van der Waals surface area contributed by atoms with Crippen LogP contribution in [0.2, 0.25) is 0 Å². The fourth-order valence-corrected chi connectivity index (χ4v) is 6.80. The maximum Gasteiger partial charge on any atom is 0.264 e. The summed E-state index contributed by atoms with van der Waals surface area (Å²) in [6, 6.07) is 22.3. The van der Waals surface area contributed by atoms with Crippen LogP contribution in [0.5, 0.6) is 11.5 Å². The van der Waals surface area contributed by atoms with Gasteiger partial charge in [0.1, 0.15) is 17.0 Å². The lowest BCUT2D eigenvalue weighted by Crippen LogP contribution is -2.29. The van der Waals surface area contributed by atoms with Crippen molar-refractivity contribution in [2.75, 3.05) is 18.2 Å². The number of aromatic nitrogens is 1. The van der Waals surface area contributed by atoms with Gasteiger partial charge in [0.05, 0.1) is 11.1 Å². The van der Waals surface area contributed by atoms with Crippen molar-refractivity contribution in [1.29, 1.82) is 0 Å². The van der Waals surface area contributed by atoms with Gasteiger partial charge in [-0.05, 0) is 48.2 Å². The Bertz CT molecular complexity index is 1670.